The minimum absolute atomic E-state index is 0.0495. The zero-order chi connectivity index (χ0) is 16.3. The maximum Gasteiger partial charge on any atom is 0.326 e. The number of likely N-dealkylation sites (tertiary alicyclic amines) is 1. The van der Waals surface area contributed by atoms with Crippen LogP contribution in [0.15, 0.2) is 16.8 Å². The second kappa shape index (κ2) is 5.30. The zero-order valence-corrected chi connectivity index (χ0v) is 14.6. The van der Waals surface area contributed by atoms with Gasteiger partial charge < -0.3 is 5.32 Å². The molecule has 0 radical (unpaired) electrons. The molecule has 24 heavy (non-hydrogen) atoms. The van der Waals surface area contributed by atoms with Crippen molar-refractivity contribution in [3.8, 4) is 0 Å². The van der Waals surface area contributed by atoms with E-state index < -0.39 is 5.54 Å². The normalized spacial score (nSPS) is 30.2. The summed E-state index contributed by atoms with van der Waals surface area (Å²) in [5.74, 6) is 0.795. The Morgan fingerprint density at radius 1 is 1.17 bits per heavy atom. The molecule has 2 saturated heterocycles. The van der Waals surface area contributed by atoms with Gasteiger partial charge in [-0.3, -0.25) is 9.69 Å². The zero-order valence-electron chi connectivity index (χ0n) is 13.7. The van der Waals surface area contributed by atoms with Gasteiger partial charge >= 0.3 is 6.03 Å². The summed E-state index contributed by atoms with van der Waals surface area (Å²) in [6.45, 7) is 1.39. The lowest BCUT2D eigenvalue weighted by atomic mass is 9.87. The lowest BCUT2D eigenvalue weighted by Crippen LogP contribution is -2.51. The Balaban J connectivity index is 1.37. The fraction of sp³-hybridized carbons (Fsp3) is 0.667. The predicted molar refractivity (Wildman–Crippen MR) is 91.4 cm³/mol. The molecule has 6 heteroatoms. The number of hydrogen-bond donors (Lipinski definition) is 1. The molecule has 0 bridgehead atoms. The smallest absolute Gasteiger partial charge is 0.322 e. The van der Waals surface area contributed by atoms with Crippen molar-refractivity contribution in [3.05, 3.63) is 22.4 Å². The molecule has 1 atom stereocenters. The van der Waals surface area contributed by atoms with Crippen LogP contribution in [0.25, 0.3) is 0 Å². The molecule has 1 aromatic heterocycles. The Hall–Kier alpha value is -1.40. The molecule has 128 valence electrons. The summed E-state index contributed by atoms with van der Waals surface area (Å²) in [7, 11) is 0. The van der Waals surface area contributed by atoms with Crippen molar-refractivity contribution in [2.75, 3.05) is 13.2 Å². The molecule has 2 saturated carbocycles. The average molecular weight is 345 g/mol. The molecule has 4 fully saturated rings. The number of nitrogens with zero attached hydrogens (tertiary/aromatic N) is 2. The minimum atomic E-state index is -0.561. The van der Waals surface area contributed by atoms with E-state index in [-0.39, 0.29) is 11.9 Å². The third-order valence-electron chi connectivity index (χ3n) is 6.22. The fourth-order valence-corrected chi connectivity index (χ4v) is 5.43. The van der Waals surface area contributed by atoms with E-state index in [4.69, 9.17) is 0 Å². The van der Waals surface area contributed by atoms with Crippen molar-refractivity contribution in [3.63, 3.8) is 0 Å². The molecule has 5 nitrogen and oxygen atoms in total. The van der Waals surface area contributed by atoms with Crippen LogP contribution in [0.5, 0.6) is 0 Å². The van der Waals surface area contributed by atoms with Gasteiger partial charge in [0, 0.05) is 12.6 Å². The van der Waals surface area contributed by atoms with Crippen LogP contribution < -0.4 is 5.32 Å². The summed E-state index contributed by atoms with van der Waals surface area (Å²) in [5.41, 5.74) is 0.759. The van der Waals surface area contributed by atoms with Crippen molar-refractivity contribution in [1.82, 2.24) is 15.1 Å². The molecule has 1 aromatic rings. The van der Waals surface area contributed by atoms with Crippen LogP contribution in [0, 0.1) is 11.8 Å². The molecule has 5 rings (SSSR count). The van der Waals surface area contributed by atoms with Crippen molar-refractivity contribution in [2.24, 2.45) is 11.8 Å². The Morgan fingerprint density at radius 2 is 1.92 bits per heavy atom. The van der Waals surface area contributed by atoms with Gasteiger partial charge in [0.2, 0.25) is 0 Å². The van der Waals surface area contributed by atoms with Crippen LogP contribution in [0.4, 0.5) is 4.79 Å². The van der Waals surface area contributed by atoms with Gasteiger partial charge in [-0.25, -0.2) is 9.69 Å². The minimum Gasteiger partial charge on any atom is -0.322 e. The van der Waals surface area contributed by atoms with Gasteiger partial charge in [0.25, 0.3) is 5.91 Å². The number of rotatable bonds is 5. The summed E-state index contributed by atoms with van der Waals surface area (Å²) < 4.78 is 0. The van der Waals surface area contributed by atoms with Crippen LogP contribution in [-0.4, -0.2) is 40.5 Å². The van der Waals surface area contributed by atoms with E-state index in [2.05, 4.69) is 27.0 Å². The second-order valence-corrected chi connectivity index (χ2v) is 8.53. The highest BCUT2D eigenvalue weighted by molar-refractivity contribution is 7.07. The lowest BCUT2D eigenvalue weighted by Gasteiger charge is -2.29. The summed E-state index contributed by atoms with van der Waals surface area (Å²) in [5, 5.41) is 7.42. The predicted octanol–water partition coefficient (Wildman–Crippen LogP) is 2.95. The monoisotopic (exact) mass is 345 g/mol. The van der Waals surface area contributed by atoms with Gasteiger partial charge in [-0.1, -0.05) is 0 Å². The Morgan fingerprint density at radius 3 is 2.54 bits per heavy atom. The Labute approximate surface area is 146 Å². The molecule has 0 spiro atoms. The third kappa shape index (κ3) is 2.15. The highest BCUT2D eigenvalue weighted by atomic mass is 32.1. The summed E-state index contributed by atoms with van der Waals surface area (Å²) >= 11 is 1.71. The van der Waals surface area contributed by atoms with E-state index in [1.165, 1.54) is 10.5 Å². The van der Waals surface area contributed by atoms with Crippen LogP contribution in [0.1, 0.15) is 50.1 Å². The number of thiophene rings is 1. The van der Waals surface area contributed by atoms with Gasteiger partial charge in [-0.15, -0.1) is 0 Å². The van der Waals surface area contributed by atoms with Crippen molar-refractivity contribution >= 4 is 23.3 Å². The van der Waals surface area contributed by atoms with E-state index in [1.54, 1.807) is 11.3 Å². The maximum atomic E-state index is 13.2. The van der Waals surface area contributed by atoms with Crippen molar-refractivity contribution in [2.45, 2.75) is 50.1 Å². The van der Waals surface area contributed by atoms with Crippen molar-refractivity contribution in [1.29, 1.82) is 0 Å². The third-order valence-corrected chi connectivity index (χ3v) is 6.92. The molecular weight excluding hydrogens is 322 g/mol. The molecule has 1 N–H and O–H groups in total. The Kier molecular flexibility index (Phi) is 3.29. The summed E-state index contributed by atoms with van der Waals surface area (Å²) in [6, 6.07) is 2.33. The number of carbonyl (C=O) groups is 2. The quantitative estimate of drug-likeness (QED) is 0.835. The number of hydrogen-bond acceptors (Lipinski definition) is 4. The lowest BCUT2D eigenvalue weighted by molar-refractivity contribution is -0.134. The first-order valence-corrected chi connectivity index (χ1v) is 10.0. The number of amides is 3. The van der Waals surface area contributed by atoms with Crippen LogP contribution >= 0.6 is 11.3 Å². The van der Waals surface area contributed by atoms with E-state index in [9.17, 15) is 9.59 Å². The second-order valence-electron chi connectivity index (χ2n) is 7.75. The van der Waals surface area contributed by atoms with E-state index in [0.717, 1.165) is 45.1 Å². The number of carbonyl (C=O) groups excluding carboxylic acids is 2. The topological polar surface area (TPSA) is 52.7 Å². The molecule has 0 aromatic carbocycles. The average Bonchev–Trinajstić information content (AvgIpc) is 3.48. The first kappa shape index (κ1) is 14.9. The molecule has 2 aliphatic heterocycles. The molecule has 4 aliphatic rings. The van der Waals surface area contributed by atoms with Gasteiger partial charge in [0.15, 0.2) is 0 Å². The number of imide groups is 1. The Bertz CT molecular complexity index is 654. The van der Waals surface area contributed by atoms with Crippen molar-refractivity contribution < 1.29 is 9.59 Å². The summed E-state index contributed by atoms with van der Waals surface area (Å²) in [6.07, 6.45) is 6.56. The van der Waals surface area contributed by atoms with Gasteiger partial charge in [0.05, 0.1) is 6.67 Å². The molecule has 0 unspecified atom stereocenters. The van der Waals surface area contributed by atoms with E-state index in [0.29, 0.717) is 24.5 Å². The highest BCUT2D eigenvalue weighted by Crippen LogP contribution is 2.54. The molecule has 3 amide bonds. The first-order chi connectivity index (χ1) is 11.7. The molecular formula is C18H23N3O2S. The first-order valence-electron chi connectivity index (χ1n) is 9.10. The number of nitrogens with one attached hydrogen (secondary N) is 1. The van der Waals surface area contributed by atoms with Crippen LogP contribution in [-0.2, 0) is 4.79 Å². The van der Waals surface area contributed by atoms with E-state index in [1.807, 2.05) is 0 Å². The van der Waals surface area contributed by atoms with Gasteiger partial charge in [-0.05, 0) is 72.8 Å². The van der Waals surface area contributed by atoms with Crippen LogP contribution in [0.2, 0.25) is 0 Å². The standard InChI is InChI=1S/C18H23N3O2S/c22-16-18(13-3-4-13,14-5-6-14)19-17(23)21(16)11-20-8-1-2-15(20)12-7-9-24-10-12/h7,9-10,13-15H,1-6,8,11H2,(H,19,23)/t15-/m0/s1. The highest BCUT2D eigenvalue weighted by Gasteiger charge is 2.65. The van der Waals surface area contributed by atoms with Gasteiger partial charge in [-0.2, -0.15) is 11.3 Å². The summed E-state index contributed by atoms with van der Waals surface area (Å²) in [4.78, 5) is 29.6. The largest absolute Gasteiger partial charge is 0.326 e. The van der Waals surface area contributed by atoms with E-state index >= 15 is 0 Å². The number of urea groups is 1. The SMILES string of the molecule is O=C1NC(C2CC2)(C2CC2)C(=O)N1CN1CCC[C@H]1c1ccsc1. The molecule has 3 heterocycles. The maximum absolute atomic E-state index is 13.2. The fourth-order valence-electron chi connectivity index (χ4n) is 4.73. The van der Waals surface area contributed by atoms with Gasteiger partial charge in [0.1, 0.15) is 5.54 Å². The van der Waals surface area contributed by atoms with Crippen LogP contribution in [0.3, 0.4) is 0 Å². The molecule has 2 aliphatic carbocycles.